The van der Waals surface area contributed by atoms with E-state index in [4.69, 9.17) is 0 Å². The van der Waals surface area contributed by atoms with E-state index in [1.165, 1.54) is 4.88 Å². The van der Waals surface area contributed by atoms with Gasteiger partial charge in [0.05, 0.1) is 17.4 Å². The second kappa shape index (κ2) is 6.61. The molecule has 1 fully saturated rings. The van der Waals surface area contributed by atoms with Gasteiger partial charge in [0.1, 0.15) is 6.54 Å². The van der Waals surface area contributed by atoms with Crippen LogP contribution in [0.2, 0.25) is 0 Å². The summed E-state index contributed by atoms with van der Waals surface area (Å²) in [7, 11) is 0. The van der Waals surface area contributed by atoms with Gasteiger partial charge in [-0.2, -0.15) is 0 Å². The van der Waals surface area contributed by atoms with Gasteiger partial charge in [-0.15, -0.1) is 11.3 Å². The van der Waals surface area contributed by atoms with Gasteiger partial charge in [0.25, 0.3) is 0 Å². The van der Waals surface area contributed by atoms with Gasteiger partial charge >= 0.3 is 0 Å². The normalized spacial score (nSPS) is 21.7. The smallest absolute Gasteiger partial charge is 0.244 e. The number of hydrogen-bond acceptors (Lipinski definition) is 4. The minimum absolute atomic E-state index is 0.00856. The molecule has 5 nitrogen and oxygen atoms in total. The van der Waals surface area contributed by atoms with E-state index in [0.717, 1.165) is 25.1 Å². The topological polar surface area (TPSA) is 52.7 Å². The molecular formula is C19H21N3O2S. The van der Waals surface area contributed by atoms with Crippen LogP contribution in [0.3, 0.4) is 0 Å². The zero-order valence-electron chi connectivity index (χ0n) is 14.1. The van der Waals surface area contributed by atoms with Crippen molar-refractivity contribution in [3.8, 4) is 0 Å². The Balaban J connectivity index is 1.59. The average Bonchev–Trinajstić information content (AvgIpc) is 3.30. The van der Waals surface area contributed by atoms with Crippen LogP contribution in [0.15, 0.2) is 41.8 Å². The maximum atomic E-state index is 13.2. The van der Waals surface area contributed by atoms with Crippen molar-refractivity contribution in [1.29, 1.82) is 0 Å². The Hall–Kier alpha value is -2.18. The standard InChI is InChI=1S/C19H21N3O2S/c1-13(21-10-4-8-16(21)17-9-5-11-25-17)19(24)22-12-18(23)20-14-6-2-3-7-15(14)22/h2-3,5-7,9,11,13,16H,4,8,10,12H2,1H3,(H,20,23)/t13-,16-/m1/s1. The summed E-state index contributed by atoms with van der Waals surface area (Å²) in [4.78, 5) is 30.5. The highest BCUT2D eigenvalue weighted by Gasteiger charge is 2.37. The molecule has 1 aromatic heterocycles. The molecule has 1 aromatic carbocycles. The number of carbonyl (C=O) groups is 2. The summed E-state index contributed by atoms with van der Waals surface area (Å²) in [5, 5.41) is 4.93. The van der Waals surface area contributed by atoms with Crippen molar-refractivity contribution in [1.82, 2.24) is 4.90 Å². The monoisotopic (exact) mass is 355 g/mol. The van der Waals surface area contributed by atoms with Crippen LogP contribution in [0, 0.1) is 0 Å². The average molecular weight is 355 g/mol. The van der Waals surface area contributed by atoms with Gasteiger partial charge in [0.15, 0.2) is 0 Å². The maximum Gasteiger partial charge on any atom is 0.244 e. The Labute approximate surface area is 151 Å². The SMILES string of the molecule is C[C@H](C(=O)N1CC(=O)Nc2ccccc21)N1CCC[C@@H]1c1cccs1. The molecule has 6 heteroatoms. The first-order valence-electron chi connectivity index (χ1n) is 8.64. The van der Waals surface area contributed by atoms with Crippen molar-refractivity contribution in [3.63, 3.8) is 0 Å². The maximum absolute atomic E-state index is 13.2. The molecule has 0 radical (unpaired) electrons. The number of benzene rings is 1. The second-order valence-corrected chi connectivity index (χ2v) is 7.56. The van der Waals surface area contributed by atoms with Crippen LogP contribution in [0.25, 0.3) is 0 Å². The van der Waals surface area contributed by atoms with Crippen LogP contribution in [0.4, 0.5) is 11.4 Å². The first-order chi connectivity index (χ1) is 12.1. The van der Waals surface area contributed by atoms with E-state index in [1.54, 1.807) is 16.2 Å². The Kier molecular flexibility index (Phi) is 4.31. The van der Waals surface area contributed by atoms with E-state index >= 15 is 0 Å². The lowest BCUT2D eigenvalue weighted by molar-refractivity contribution is -0.125. The lowest BCUT2D eigenvalue weighted by Crippen LogP contribution is -2.51. The number of nitrogens with zero attached hydrogens (tertiary/aromatic N) is 2. The van der Waals surface area contributed by atoms with Crippen LogP contribution < -0.4 is 10.2 Å². The molecule has 2 aromatic rings. The number of anilines is 2. The van der Waals surface area contributed by atoms with Crippen molar-refractivity contribution < 1.29 is 9.59 Å². The largest absolute Gasteiger partial charge is 0.323 e. The van der Waals surface area contributed by atoms with Crippen molar-refractivity contribution in [2.75, 3.05) is 23.3 Å². The Morgan fingerprint density at radius 1 is 1.28 bits per heavy atom. The predicted molar refractivity (Wildman–Crippen MR) is 99.9 cm³/mol. The number of amides is 2. The van der Waals surface area contributed by atoms with Gasteiger partial charge < -0.3 is 5.32 Å². The van der Waals surface area contributed by atoms with Gasteiger partial charge in [-0.05, 0) is 49.9 Å². The molecule has 25 heavy (non-hydrogen) atoms. The van der Waals surface area contributed by atoms with Crippen LogP contribution >= 0.6 is 11.3 Å². The van der Waals surface area contributed by atoms with Crippen LogP contribution in [-0.4, -0.2) is 35.8 Å². The van der Waals surface area contributed by atoms with Crippen LogP contribution in [0.1, 0.15) is 30.7 Å². The number of nitrogens with one attached hydrogen (secondary N) is 1. The van der Waals surface area contributed by atoms with E-state index in [2.05, 4.69) is 27.7 Å². The molecule has 1 N–H and O–H groups in total. The lowest BCUT2D eigenvalue weighted by Gasteiger charge is -2.35. The highest BCUT2D eigenvalue weighted by Crippen LogP contribution is 2.37. The predicted octanol–water partition coefficient (Wildman–Crippen LogP) is 3.26. The quantitative estimate of drug-likeness (QED) is 0.919. The lowest BCUT2D eigenvalue weighted by atomic mass is 10.1. The summed E-state index contributed by atoms with van der Waals surface area (Å²) >= 11 is 1.75. The molecule has 2 atom stereocenters. The molecule has 0 saturated carbocycles. The second-order valence-electron chi connectivity index (χ2n) is 6.58. The number of para-hydroxylation sites is 2. The highest BCUT2D eigenvalue weighted by atomic mass is 32.1. The molecule has 0 unspecified atom stereocenters. The zero-order valence-corrected chi connectivity index (χ0v) is 15.0. The van der Waals surface area contributed by atoms with Crippen LogP contribution in [-0.2, 0) is 9.59 Å². The number of carbonyl (C=O) groups excluding carboxylic acids is 2. The Morgan fingerprint density at radius 3 is 2.92 bits per heavy atom. The van der Waals surface area contributed by atoms with E-state index in [1.807, 2.05) is 31.2 Å². The number of fused-ring (bicyclic) bond motifs is 1. The highest BCUT2D eigenvalue weighted by molar-refractivity contribution is 7.10. The molecule has 130 valence electrons. The third-order valence-corrected chi connectivity index (χ3v) is 6.03. The zero-order chi connectivity index (χ0) is 17.4. The Bertz CT molecular complexity index is 790. The number of rotatable bonds is 3. The molecule has 4 rings (SSSR count). The summed E-state index contributed by atoms with van der Waals surface area (Å²) in [6, 6.07) is 11.7. The van der Waals surface area contributed by atoms with Crippen molar-refractivity contribution >= 4 is 34.5 Å². The molecule has 3 heterocycles. The minimum atomic E-state index is -0.256. The van der Waals surface area contributed by atoms with Gasteiger partial charge in [0.2, 0.25) is 11.8 Å². The molecule has 0 aliphatic carbocycles. The van der Waals surface area contributed by atoms with E-state index in [0.29, 0.717) is 11.7 Å². The van der Waals surface area contributed by atoms with Crippen molar-refractivity contribution in [2.24, 2.45) is 0 Å². The van der Waals surface area contributed by atoms with Crippen molar-refractivity contribution in [2.45, 2.75) is 31.8 Å². The fraction of sp³-hybridized carbons (Fsp3) is 0.368. The van der Waals surface area contributed by atoms with E-state index in [-0.39, 0.29) is 24.4 Å². The van der Waals surface area contributed by atoms with E-state index in [9.17, 15) is 9.59 Å². The van der Waals surface area contributed by atoms with Gasteiger partial charge in [-0.25, -0.2) is 0 Å². The molecule has 2 amide bonds. The first kappa shape index (κ1) is 16.3. The first-order valence-corrected chi connectivity index (χ1v) is 9.52. The molecule has 0 spiro atoms. The molecule has 0 bridgehead atoms. The molecule has 2 aliphatic rings. The number of hydrogen-bond donors (Lipinski definition) is 1. The summed E-state index contributed by atoms with van der Waals surface area (Å²) in [6.45, 7) is 2.96. The van der Waals surface area contributed by atoms with Crippen LogP contribution in [0.5, 0.6) is 0 Å². The summed E-state index contributed by atoms with van der Waals surface area (Å²) < 4.78 is 0. The third kappa shape index (κ3) is 2.96. The van der Waals surface area contributed by atoms with Crippen molar-refractivity contribution in [3.05, 3.63) is 46.7 Å². The summed E-state index contributed by atoms with van der Waals surface area (Å²) in [6.07, 6.45) is 2.17. The third-order valence-electron chi connectivity index (χ3n) is 5.06. The fourth-order valence-electron chi connectivity index (χ4n) is 3.84. The van der Waals surface area contributed by atoms with E-state index < -0.39 is 0 Å². The molecule has 1 saturated heterocycles. The minimum Gasteiger partial charge on any atom is -0.323 e. The Morgan fingerprint density at radius 2 is 2.12 bits per heavy atom. The number of thiophene rings is 1. The van der Waals surface area contributed by atoms with Gasteiger partial charge in [0, 0.05) is 10.9 Å². The molecular weight excluding hydrogens is 334 g/mol. The number of likely N-dealkylation sites (tertiary alicyclic amines) is 1. The van der Waals surface area contributed by atoms with Gasteiger partial charge in [-0.1, -0.05) is 18.2 Å². The summed E-state index contributed by atoms with van der Waals surface area (Å²) in [5.74, 6) is -0.152. The fourth-order valence-corrected chi connectivity index (χ4v) is 4.72. The van der Waals surface area contributed by atoms with Gasteiger partial charge in [-0.3, -0.25) is 19.4 Å². The molecule has 2 aliphatic heterocycles. The summed E-state index contributed by atoms with van der Waals surface area (Å²) in [5.41, 5.74) is 1.49.